The lowest BCUT2D eigenvalue weighted by atomic mass is 9.97. The summed E-state index contributed by atoms with van der Waals surface area (Å²) in [4.78, 5) is 18.3. The van der Waals surface area contributed by atoms with Crippen molar-refractivity contribution in [1.82, 2.24) is 9.80 Å². The van der Waals surface area contributed by atoms with Gasteiger partial charge in [0, 0.05) is 43.9 Å². The summed E-state index contributed by atoms with van der Waals surface area (Å²) in [7, 11) is -3.71. The van der Waals surface area contributed by atoms with Crippen molar-refractivity contribution in [2.24, 2.45) is 0 Å². The Labute approximate surface area is 258 Å². The largest absolute Gasteiger partial charge is 0.490 e. The zero-order chi connectivity index (χ0) is 30.3. The average molecular weight is 613 g/mol. The van der Waals surface area contributed by atoms with Crippen molar-refractivity contribution < 1.29 is 27.4 Å². The molecule has 0 radical (unpaired) electrons. The molecule has 0 aromatic heterocycles. The number of carbonyl (C=O) groups is 1. The van der Waals surface area contributed by atoms with Gasteiger partial charge in [0.25, 0.3) is 5.91 Å². The Morgan fingerprint density at radius 2 is 1.50 bits per heavy atom. The highest BCUT2D eigenvalue weighted by molar-refractivity contribution is 7.91. The normalized spacial score (nSPS) is 18.1. The van der Waals surface area contributed by atoms with E-state index in [1.165, 1.54) is 6.07 Å². The number of amides is 1. The maximum atomic E-state index is 13.4. The number of ether oxygens (including phenoxy) is 3. The van der Waals surface area contributed by atoms with E-state index in [1.807, 2.05) is 42.2 Å². The molecule has 0 unspecified atom stereocenters. The highest BCUT2D eigenvalue weighted by Crippen LogP contribution is 2.36. The summed E-state index contributed by atoms with van der Waals surface area (Å²) in [5.41, 5.74) is 1.57. The lowest BCUT2D eigenvalue weighted by Crippen LogP contribution is -2.50. The second-order valence-corrected chi connectivity index (χ2v) is 13.8. The zero-order valence-electron chi connectivity index (χ0n) is 24.8. The van der Waals surface area contributed by atoms with Crippen LogP contribution in [-0.4, -0.2) is 69.2 Å². The summed E-state index contributed by atoms with van der Waals surface area (Å²) < 4.78 is 43.6. The van der Waals surface area contributed by atoms with Gasteiger partial charge < -0.3 is 19.1 Å². The van der Waals surface area contributed by atoms with Crippen molar-refractivity contribution in [3.05, 3.63) is 90.0 Å². The second-order valence-electron chi connectivity index (χ2n) is 11.8. The maximum absolute atomic E-state index is 13.4. The van der Waals surface area contributed by atoms with Crippen LogP contribution in [0.15, 0.2) is 88.7 Å². The van der Waals surface area contributed by atoms with E-state index < -0.39 is 9.84 Å². The molecule has 3 aliphatic heterocycles. The second kappa shape index (κ2) is 11.8. The van der Waals surface area contributed by atoms with Gasteiger partial charge in [-0.1, -0.05) is 36.4 Å². The number of sulfone groups is 1. The van der Waals surface area contributed by atoms with Crippen LogP contribution in [0.25, 0.3) is 10.8 Å². The van der Waals surface area contributed by atoms with Crippen LogP contribution in [0.1, 0.15) is 41.6 Å². The third-order valence-electron chi connectivity index (χ3n) is 9.17. The van der Waals surface area contributed by atoms with Gasteiger partial charge in [-0.25, -0.2) is 8.42 Å². The third kappa shape index (κ3) is 5.50. The van der Waals surface area contributed by atoms with Crippen LogP contribution < -0.4 is 14.2 Å². The molecule has 4 aromatic rings. The predicted molar refractivity (Wildman–Crippen MR) is 167 cm³/mol. The van der Waals surface area contributed by atoms with E-state index in [9.17, 15) is 13.2 Å². The maximum Gasteiger partial charge on any atom is 0.254 e. The predicted octanol–water partition coefficient (Wildman–Crippen LogP) is 5.86. The van der Waals surface area contributed by atoms with E-state index in [1.54, 1.807) is 30.3 Å². The molecule has 0 bridgehead atoms. The van der Waals surface area contributed by atoms with Crippen LogP contribution in [0.4, 0.5) is 0 Å². The zero-order valence-corrected chi connectivity index (χ0v) is 25.6. The van der Waals surface area contributed by atoms with E-state index in [2.05, 4.69) is 17.0 Å². The smallest absolute Gasteiger partial charge is 0.254 e. The van der Waals surface area contributed by atoms with Gasteiger partial charge in [0.2, 0.25) is 16.6 Å². The molecule has 0 saturated carbocycles. The van der Waals surface area contributed by atoms with Crippen LogP contribution in [-0.2, 0) is 9.84 Å². The van der Waals surface area contributed by atoms with Crippen LogP contribution in [0.2, 0.25) is 0 Å². The first kappa shape index (κ1) is 28.7. The summed E-state index contributed by atoms with van der Waals surface area (Å²) in [5, 5.41) is 2.11. The number of piperidine rings is 2. The number of benzene rings is 4. The Morgan fingerprint density at radius 3 is 2.30 bits per heavy atom. The molecular formula is C35H36N2O6S. The van der Waals surface area contributed by atoms with Crippen molar-refractivity contribution in [3.63, 3.8) is 0 Å². The number of fused-ring (bicyclic) bond motifs is 2. The Balaban J connectivity index is 0.926. The highest BCUT2D eigenvalue weighted by atomic mass is 32.2. The fraction of sp³-hybridized carbons (Fsp3) is 0.343. The Morgan fingerprint density at radius 1 is 0.795 bits per heavy atom. The van der Waals surface area contributed by atoms with Gasteiger partial charge in [0.15, 0.2) is 11.5 Å². The molecule has 3 heterocycles. The average Bonchev–Trinajstić information content (AvgIpc) is 3.54. The van der Waals surface area contributed by atoms with Crippen LogP contribution in [0, 0.1) is 6.92 Å². The third-order valence-corrected chi connectivity index (χ3v) is 10.9. The van der Waals surface area contributed by atoms with Crippen molar-refractivity contribution in [2.75, 3.05) is 33.0 Å². The molecule has 2 fully saturated rings. The molecule has 0 atom stereocenters. The number of hydrogen-bond donors (Lipinski definition) is 0. The molecule has 4 aromatic carbocycles. The summed E-state index contributed by atoms with van der Waals surface area (Å²) in [5.74, 6) is 1.83. The fourth-order valence-corrected chi connectivity index (χ4v) is 8.02. The number of rotatable bonds is 6. The molecule has 7 rings (SSSR count). The molecule has 228 valence electrons. The Bertz CT molecular complexity index is 1800. The Kier molecular flexibility index (Phi) is 7.68. The molecule has 2 saturated heterocycles. The fourth-order valence-electron chi connectivity index (χ4n) is 6.66. The van der Waals surface area contributed by atoms with Gasteiger partial charge in [0.05, 0.1) is 9.79 Å². The quantitative estimate of drug-likeness (QED) is 0.270. The van der Waals surface area contributed by atoms with Crippen molar-refractivity contribution >= 4 is 26.5 Å². The summed E-state index contributed by atoms with van der Waals surface area (Å²) in [6.07, 6.45) is 3.84. The van der Waals surface area contributed by atoms with Gasteiger partial charge in [0.1, 0.15) is 11.9 Å². The standard InChI is InChI=1S/C35H36N2O6S/c1-24-21-28(44(39,40)29-10-12-33-34(22-29)42-23-41-33)9-11-32(24)43-27-15-19-36(20-16-27)26-13-17-37(18-14-26)35(38)31-8-4-6-25-5-2-3-7-30(25)31/h2-12,21-22,26-27H,13-20,23H2,1H3. The number of aryl methyl sites for hydroxylation is 1. The monoisotopic (exact) mass is 612 g/mol. The molecule has 8 nitrogen and oxygen atoms in total. The number of nitrogens with zero attached hydrogens (tertiary/aromatic N) is 2. The van der Waals surface area contributed by atoms with Gasteiger partial charge >= 0.3 is 0 Å². The molecule has 3 aliphatic rings. The lowest BCUT2D eigenvalue weighted by molar-refractivity contribution is 0.0424. The van der Waals surface area contributed by atoms with Crippen molar-refractivity contribution in [1.29, 1.82) is 0 Å². The minimum absolute atomic E-state index is 0.0781. The van der Waals surface area contributed by atoms with E-state index in [0.29, 0.717) is 23.3 Å². The van der Waals surface area contributed by atoms with Gasteiger partial charge in [-0.05, 0) is 85.3 Å². The van der Waals surface area contributed by atoms with E-state index in [-0.39, 0.29) is 28.6 Å². The summed E-state index contributed by atoms with van der Waals surface area (Å²) >= 11 is 0. The number of likely N-dealkylation sites (tertiary alicyclic amines) is 2. The molecule has 0 spiro atoms. The first-order valence-corrected chi connectivity index (χ1v) is 16.8. The summed E-state index contributed by atoms with van der Waals surface area (Å²) in [6.45, 7) is 5.41. The van der Waals surface area contributed by atoms with Gasteiger partial charge in [-0.15, -0.1) is 0 Å². The van der Waals surface area contributed by atoms with Crippen LogP contribution in [0.3, 0.4) is 0 Å². The molecule has 1 amide bonds. The molecule has 44 heavy (non-hydrogen) atoms. The molecular weight excluding hydrogens is 576 g/mol. The molecule has 9 heteroatoms. The van der Waals surface area contributed by atoms with Gasteiger partial charge in [-0.2, -0.15) is 0 Å². The SMILES string of the molecule is Cc1cc(S(=O)(=O)c2ccc3c(c2)OCO3)ccc1OC1CCN(C2CCN(C(=O)c3cccc4ccccc34)CC2)CC1. The van der Waals surface area contributed by atoms with Crippen LogP contribution >= 0.6 is 0 Å². The van der Waals surface area contributed by atoms with Crippen molar-refractivity contribution in [2.45, 2.75) is 54.5 Å². The first-order valence-electron chi connectivity index (χ1n) is 15.3. The Hall–Kier alpha value is -4.08. The van der Waals surface area contributed by atoms with E-state index in [0.717, 1.165) is 73.8 Å². The summed E-state index contributed by atoms with van der Waals surface area (Å²) in [6, 6.07) is 24.2. The first-order chi connectivity index (χ1) is 21.4. The van der Waals surface area contributed by atoms with E-state index >= 15 is 0 Å². The number of hydrogen-bond acceptors (Lipinski definition) is 7. The lowest BCUT2D eigenvalue weighted by Gasteiger charge is -2.41. The van der Waals surface area contributed by atoms with Crippen molar-refractivity contribution in [3.8, 4) is 17.2 Å². The van der Waals surface area contributed by atoms with E-state index in [4.69, 9.17) is 14.2 Å². The van der Waals surface area contributed by atoms with Crippen LogP contribution in [0.5, 0.6) is 17.2 Å². The highest BCUT2D eigenvalue weighted by Gasteiger charge is 2.31. The minimum atomic E-state index is -3.71. The topological polar surface area (TPSA) is 85.4 Å². The minimum Gasteiger partial charge on any atom is -0.490 e. The van der Waals surface area contributed by atoms with Gasteiger partial charge in [-0.3, -0.25) is 9.69 Å². The molecule has 0 aliphatic carbocycles. The molecule has 0 N–H and O–H groups in total. The number of carbonyl (C=O) groups excluding carboxylic acids is 1.